The molecule has 0 saturated carbocycles. The molecule has 0 fully saturated rings. The van der Waals surface area contributed by atoms with Crippen LogP contribution in [-0.4, -0.2) is 0 Å². The van der Waals surface area contributed by atoms with Gasteiger partial charge < -0.3 is 0 Å². The molecular formula is C41H40F3N2+. The van der Waals surface area contributed by atoms with E-state index < -0.39 is 25.4 Å². The second kappa shape index (κ2) is 12.6. The number of benzene rings is 4. The van der Waals surface area contributed by atoms with Crippen molar-refractivity contribution in [2.75, 3.05) is 0 Å². The first-order valence-electron chi connectivity index (χ1n) is 18.1. The topological polar surface area (TPSA) is 8.24 Å². The van der Waals surface area contributed by atoms with E-state index in [-0.39, 0.29) is 23.0 Å². The minimum absolute atomic E-state index is 0.0888. The van der Waals surface area contributed by atoms with E-state index in [0.29, 0.717) is 44.8 Å². The van der Waals surface area contributed by atoms with E-state index >= 15 is 0 Å². The average molecular weight is 624 g/mol. The highest BCUT2D eigenvalue weighted by atomic mass is 19.4. The van der Waals surface area contributed by atoms with Gasteiger partial charge in [-0.2, -0.15) is 13.2 Å². The van der Waals surface area contributed by atoms with E-state index in [1.54, 1.807) is 48.1 Å². The van der Waals surface area contributed by atoms with Gasteiger partial charge >= 0.3 is 6.18 Å². The Kier molecular flexibility index (Phi) is 6.98. The molecule has 0 N–H and O–H groups in total. The molecule has 1 heterocycles. The molecule has 5 aromatic rings. The predicted molar refractivity (Wildman–Crippen MR) is 183 cm³/mol. The summed E-state index contributed by atoms with van der Waals surface area (Å²) in [4.78, 5) is 3.46. The van der Waals surface area contributed by atoms with Crippen LogP contribution in [0.1, 0.15) is 81.1 Å². The molecule has 0 saturated heterocycles. The van der Waals surface area contributed by atoms with Gasteiger partial charge in [0.25, 0.3) is 0 Å². The normalized spacial score (nSPS) is 14.2. The smallest absolute Gasteiger partial charge is 0.238 e. The lowest BCUT2D eigenvalue weighted by Gasteiger charge is -2.23. The summed E-state index contributed by atoms with van der Waals surface area (Å²) >= 11 is 0. The maximum atomic E-state index is 13.4. The molecule has 5 rings (SSSR count). The first-order valence-corrected chi connectivity index (χ1v) is 15.1. The summed E-state index contributed by atoms with van der Waals surface area (Å²) in [6.07, 6.45) is -2.85. The summed E-state index contributed by atoms with van der Waals surface area (Å²) in [6.45, 7) is 12.2. The predicted octanol–water partition coefficient (Wildman–Crippen LogP) is 11.9. The van der Waals surface area contributed by atoms with E-state index in [4.69, 9.17) is 14.8 Å². The molecule has 0 aliphatic rings. The highest BCUT2D eigenvalue weighted by Crippen LogP contribution is 2.42. The van der Waals surface area contributed by atoms with Crippen LogP contribution in [0.5, 0.6) is 0 Å². The minimum Gasteiger partial charge on any atom is -0.238 e. The SMILES string of the molecule is [2H]C([2H])([2H])c1cc(C)c(-c2cc(-c3c(C(C)C)cc(-c4ccc(C(F)(F)F)cc4)cc3C(C)C)c(C([2H])([2H])[2H])c[n+]2C)cc1-c1ccc([N+]#[C-])cc1. The van der Waals surface area contributed by atoms with Crippen LogP contribution in [-0.2, 0) is 13.2 Å². The molecule has 0 aliphatic heterocycles. The van der Waals surface area contributed by atoms with E-state index in [1.807, 2.05) is 58.9 Å². The standard InChI is InChI=1S/C41H40F3N2/c1-24(2)34-19-31(29-10-14-32(15-11-29)41(42,43)44)20-35(25(3)4)40(34)38-22-39(46(9)23-28(38)7)37-21-36(26(5)18-27(37)6)30-12-16-33(45-8)17-13-30/h10-25H,1-7,9H3/q+1/i5D3,7D3. The molecular weight excluding hydrogens is 577 g/mol. The molecule has 0 spiro atoms. The third-order valence-corrected chi connectivity index (χ3v) is 8.48. The highest BCUT2D eigenvalue weighted by Gasteiger charge is 2.30. The lowest BCUT2D eigenvalue weighted by molar-refractivity contribution is -0.660. The van der Waals surface area contributed by atoms with Gasteiger partial charge in [0.15, 0.2) is 11.9 Å². The van der Waals surface area contributed by atoms with E-state index in [1.165, 1.54) is 12.1 Å². The zero-order valence-corrected chi connectivity index (χ0v) is 26.8. The zero-order valence-electron chi connectivity index (χ0n) is 32.8. The Balaban J connectivity index is 1.83. The molecule has 0 amide bonds. The van der Waals surface area contributed by atoms with Crippen LogP contribution >= 0.6 is 0 Å². The fourth-order valence-electron chi connectivity index (χ4n) is 5.99. The van der Waals surface area contributed by atoms with E-state index in [9.17, 15) is 13.2 Å². The van der Waals surface area contributed by atoms with Gasteiger partial charge in [-0.1, -0.05) is 82.3 Å². The molecule has 5 heteroatoms. The Hall–Kier alpha value is -4.69. The van der Waals surface area contributed by atoms with Crippen molar-refractivity contribution >= 4 is 5.69 Å². The van der Waals surface area contributed by atoms with E-state index in [2.05, 4.69) is 4.85 Å². The Bertz CT molecular complexity index is 2140. The van der Waals surface area contributed by atoms with Crippen molar-refractivity contribution < 1.29 is 26.0 Å². The third-order valence-electron chi connectivity index (χ3n) is 8.48. The zero-order chi connectivity index (χ0) is 38.5. The van der Waals surface area contributed by atoms with Crippen LogP contribution in [0.2, 0.25) is 0 Å². The van der Waals surface area contributed by atoms with Gasteiger partial charge in [0.05, 0.1) is 12.1 Å². The Morgan fingerprint density at radius 3 is 1.80 bits per heavy atom. The van der Waals surface area contributed by atoms with E-state index in [0.717, 1.165) is 34.4 Å². The number of rotatable bonds is 6. The first-order chi connectivity index (χ1) is 24.1. The van der Waals surface area contributed by atoms with Gasteiger partial charge in [-0.05, 0) is 106 Å². The third kappa shape index (κ3) is 6.35. The van der Waals surface area contributed by atoms with Crippen molar-refractivity contribution in [3.05, 3.63) is 130 Å². The second-order valence-electron chi connectivity index (χ2n) is 12.4. The van der Waals surface area contributed by atoms with Crippen molar-refractivity contribution in [3.8, 4) is 44.6 Å². The lowest BCUT2D eigenvalue weighted by atomic mass is 9.81. The van der Waals surface area contributed by atoms with Crippen LogP contribution in [0.3, 0.4) is 0 Å². The van der Waals surface area contributed by atoms with Crippen molar-refractivity contribution in [2.24, 2.45) is 7.05 Å². The largest absolute Gasteiger partial charge is 0.416 e. The van der Waals surface area contributed by atoms with Gasteiger partial charge in [-0.15, -0.1) is 0 Å². The van der Waals surface area contributed by atoms with Gasteiger partial charge in [0.2, 0.25) is 5.69 Å². The molecule has 46 heavy (non-hydrogen) atoms. The lowest BCUT2D eigenvalue weighted by Crippen LogP contribution is -2.31. The van der Waals surface area contributed by atoms with Crippen LogP contribution in [0.15, 0.2) is 85.1 Å². The maximum Gasteiger partial charge on any atom is 0.416 e. The number of nitrogens with zero attached hydrogens (tertiary/aromatic N) is 2. The second-order valence-corrected chi connectivity index (χ2v) is 12.4. The monoisotopic (exact) mass is 623 g/mol. The number of pyridine rings is 1. The average Bonchev–Trinajstić information content (AvgIpc) is 3.06. The van der Waals surface area contributed by atoms with Crippen LogP contribution < -0.4 is 4.57 Å². The molecule has 0 radical (unpaired) electrons. The van der Waals surface area contributed by atoms with Crippen molar-refractivity contribution in [1.82, 2.24) is 0 Å². The Labute approximate surface area is 279 Å². The summed E-state index contributed by atoms with van der Waals surface area (Å²) in [5, 5.41) is 0. The van der Waals surface area contributed by atoms with Crippen LogP contribution in [0.25, 0.3) is 49.5 Å². The van der Waals surface area contributed by atoms with Crippen molar-refractivity contribution in [1.29, 1.82) is 0 Å². The Morgan fingerprint density at radius 1 is 0.696 bits per heavy atom. The molecule has 0 atom stereocenters. The summed E-state index contributed by atoms with van der Waals surface area (Å²) in [5.74, 6) is -0.178. The van der Waals surface area contributed by atoms with Gasteiger partial charge in [-0.25, -0.2) is 9.41 Å². The van der Waals surface area contributed by atoms with Crippen molar-refractivity contribution in [3.63, 3.8) is 0 Å². The molecule has 0 aliphatic carbocycles. The fourth-order valence-corrected chi connectivity index (χ4v) is 5.99. The number of halogens is 3. The molecule has 1 aromatic heterocycles. The van der Waals surface area contributed by atoms with Crippen LogP contribution in [0, 0.1) is 27.2 Å². The van der Waals surface area contributed by atoms with Gasteiger partial charge in [0.1, 0.15) is 7.05 Å². The summed E-state index contributed by atoms with van der Waals surface area (Å²) in [5.41, 5.74) is 7.43. The molecule has 0 unspecified atom stereocenters. The molecule has 234 valence electrons. The number of hydrogen-bond acceptors (Lipinski definition) is 0. The molecule has 2 nitrogen and oxygen atoms in total. The number of aryl methyl sites for hydroxylation is 4. The number of alkyl halides is 3. The Morgan fingerprint density at radius 2 is 1.28 bits per heavy atom. The van der Waals surface area contributed by atoms with Crippen LogP contribution in [0.4, 0.5) is 18.9 Å². The van der Waals surface area contributed by atoms with Gasteiger partial charge in [-0.3, -0.25) is 0 Å². The highest BCUT2D eigenvalue weighted by molar-refractivity contribution is 5.83. The number of hydrogen-bond donors (Lipinski definition) is 0. The fraction of sp³-hybridized carbons (Fsp3) is 0.268. The summed E-state index contributed by atoms with van der Waals surface area (Å²) in [6, 6.07) is 21.0. The maximum absolute atomic E-state index is 13.4. The molecule has 4 aromatic carbocycles. The quantitative estimate of drug-likeness (QED) is 0.131. The minimum atomic E-state index is -4.46. The van der Waals surface area contributed by atoms with Crippen molar-refractivity contribution in [2.45, 2.75) is 66.3 Å². The van der Waals surface area contributed by atoms with Gasteiger partial charge in [0, 0.05) is 25.4 Å². The summed E-state index contributed by atoms with van der Waals surface area (Å²) < 4.78 is 92.6. The number of aromatic nitrogens is 1. The summed E-state index contributed by atoms with van der Waals surface area (Å²) in [7, 11) is 1.76. The first kappa shape index (κ1) is 25.5. The molecule has 0 bridgehead atoms.